The summed E-state index contributed by atoms with van der Waals surface area (Å²) in [5.74, 6) is 0.120. The van der Waals surface area contributed by atoms with Crippen molar-refractivity contribution in [3.05, 3.63) is 47.3 Å². The largest absolute Gasteiger partial charge is 0.355 e. The Hall–Kier alpha value is -2.14. The Balaban J connectivity index is 1.79. The third kappa shape index (κ3) is 5.71. The maximum Gasteiger partial charge on any atom is 0.220 e. The Morgan fingerprint density at radius 3 is 2.40 bits per heavy atom. The topological polar surface area (TPSA) is 50.2 Å². The lowest BCUT2D eigenvalue weighted by Gasteiger charge is -2.17. The Morgan fingerprint density at radius 2 is 1.84 bits per heavy atom. The summed E-state index contributed by atoms with van der Waals surface area (Å²) in [6.45, 7) is 12.0. The number of aryl methyl sites for hydroxylation is 3. The molecule has 5 heteroatoms. The van der Waals surface area contributed by atoms with Gasteiger partial charge in [0.1, 0.15) is 0 Å². The zero-order chi connectivity index (χ0) is 18.2. The molecule has 2 rings (SSSR count). The molecule has 0 spiro atoms. The number of nitrogens with zero attached hydrogens (tertiary/aromatic N) is 3. The number of hydrogen-bond acceptors (Lipinski definition) is 3. The minimum Gasteiger partial charge on any atom is -0.355 e. The fourth-order valence-corrected chi connectivity index (χ4v) is 2.93. The number of carbonyl (C=O) groups excluding carboxylic acids is 1. The van der Waals surface area contributed by atoms with Gasteiger partial charge in [-0.3, -0.25) is 4.79 Å². The van der Waals surface area contributed by atoms with Gasteiger partial charge >= 0.3 is 0 Å². The van der Waals surface area contributed by atoms with Gasteiger partial charge in [0.25, 0.3) is 0 Å². The molecule has 5 nitrogen and oxygen atoms in total. The maximum absolute atomic E-state index is 12.0. The minimum atomic E-state index is 0.120. The summed E-state index contributed by atoms with van der Waals surface area (Å²) in [5.41, 5.74) is 4.36. The van der Waals surface area contributed by atoms with E-state index in [1.54, 1.807) is 0 Å². The summed E-state index contributed by atoms with van der Waals surface area (Å²) in [6, 6.07) is 10.3. The Labute approximate surface area is 151 Å². The minimum absolute atomic E-state index is 0.120. The van der Waals surface area contributed by atoms with Gasteiger partial charge in [0, 0.05) is 25.2 Å². The molecular formula is C20H30N4O. The van der Waals surface area contributed by atoms with Crippen LogP contribution in [0.25, 0.3) is 5.69 Å². The van der Waals surface area contributed by atoms with Crippen LogP contribution in [0.4, 0.5) is 0 Å². The van der Waals surface area contributed by atoms with Crippen molar-refractivity contribution in [1.29, 1.82) is 0 Å². The summed E-state index contributed by atoms with van der Waals surface area (Å²) in [4.78, 5) is 14.3. The first-order valence-corrected chi connectivity index (χ1v) is 9.15. The second-order valence-electron chi connectivity index (χ2n) is 6.38. The number of benzene rings is 1. The van der Waals surface area contributed by atoms with Crippen LogP contribution in [0.1, 0.15) is 37.2 Å². The van der Waals surface area contributed by atoms with Gasteiger partial charge < -0.3 is 10.2 Å². The van der Waals surface area contributed by atoms with Gasteiger partial charge in [-0.15, -0.1) is 0 Å². The lowest BCUT2D eigenvalue weighted by atomic mass is 10.1. The van der Waals surface area contributed by atoms with E-state index in [1.165, 1.54) is 5.56 Å². The summed E-state index contributed by atoms with van der Waals surface area (Å²) in [7, 11) is 0. The standard InChI is InChI=1S/C20H30N4O/c1-5-23(6-2)14-13-21-20(25)12-9-18-7-10-19(11-8-18)24-17(4)15-16(3)22-24/h7-8,10-11,15H,5-6,9,12-14H2,1-4H3,(H,21,25). The summed E-state index contributed by atoms with van der Waals surface area (Å²) in [5, 5.41) is 7.50. The first kappa shape index (κ1) is 19.2. The first-order valence-electron chi connectivity index (χ1n) is 9.15. The average molecular weight is 342 g/mol. The Morgan fingerprint density at radius 1 is 1.16 bits per heavy atom. The number of amides is 1. The van der Waals surface area contributed by atoms with Crippen LogP contribution >= 0.6 is 0 Å². The zero-order valence-electron chi connectivity index (χ0n) is 15.9. The highest BCUT2D eigenvalue weighted by atomic mass is 16.1. The van der Waals surface area contributed by atoms with E-state index in [1.807, 2.05) is 11.6 Å². The van der Waals surface area contributed by atoms with E-state index in [0.29, 0.717) is 6.42 Å². The lowest BCUT2D eigenvalue weighted by Crippen LogP contribution is -2.34. The Kier molecular flexibility index (Phi) is 7.19. The lowest BCUT2D eigenvalue weighted by molar-refractivity contribution is -0.121. The van der Waals surface area contributed by atoms with Gasteiger partial charge in [0.15, 0.2) is 0 Å². The molecule has 1 aromatic heterocycles. The van der Waals surface area contributed by atoms with Gasteiger partial charge in [0.05, 0.1) is 11.4 Å². The molecular weight excluding hydrogens is 312 g/mol. The molecule has 0 bridgehead atoms. The van der Waals surface area contributed by atoms with Crippen LogP contribution in [0.2, 0.25) is 0 Å². The predicted octanol–water partition coefficient (Wildman–Crippen LogP) is 2.88. The van der Waals surface area contributed by atoms with Crippen molar-refractivity contribution in [1.82, 2.24) is 20.0 Å². The van der Waals surface area contributed by atoms with E-state index >= 15 is 0 Å². The van der Waals surface area contributed by atoms with Crippen LogP contribution in [0, 0.1) is 13.8 Å². The highest BCUT2D eigenvalue weighted by molar-refractivity contribution is 5.76. The van der Waals surface area contributed by atoms with E-state index in [-0.39, 0.29) is 5.91 Å². The van der Waals surface area contributed by atoms with Gasteiger partial charge in [-0.25, -0.2) is 4.68 Å². The fraction of sp³-hybridized carbons (Fsp3) is 0.500. The zero-order valence-corrected chi connectivity index (χ0v) is 15.9. The SMILES string of the molecule is CCN(CC)CCNC(=O)CCc1ccc(-n2nc(C)cc2C)cc1. The summed E-state index contributed by atoms with van der Waals surface area (Å²) >= 11 is 0. The summed E-state index contributed by atoms with van der Waals surface area (Å²) < 4.78 is 1.94. The smallest absolute Gasteiger partial charge is 0.220 e. The normalized spacial score (nSPS) is 11.1. The van der Waals surface area contributed by atoms with Crippen molar-refractivity contribution in [3.8, 4) is 5.69 Å². The number of hydrogen-bond donors (Lipinski definition) is 1. The maximum atomic E-state index is 12.0. The molecule has 1 aromatic carbocycles. The molecule has 2 aromatic rings. The average Bonchev–Trinajstić information content (AvgIpc) is 2.95. The van der Waals surface area contributed by atoms with E-state index in [0.717, 1.165) is 49.7 Å². The Bertz CT molecular complexity index is 672. The third-order valence-corrected chi connectivity index (χ3v) is 4.48. The van der Waals surface area contributed by atoms with E-state index in [2.05, 4.69) is 66.4 Å². The van der Waals surface area contributed by atoms with Gasteiger partial charge in [-0.05, 0) is 57.1 Å². The number of nitrogens with one attached hydrogen (secondary N) is 1. The monoisotopic (exact) mass is 342 g/mol. The molecule has 0 saturated heterocycles. The first-order chi connectivity index (χ1) is 12.0. The number of aromatic nitrogens is 2. The van der Waals surface area contributed by atoms with Crippen molar-refractivity contribution in [2.45, 2.75) is 40.5 Å². The van der Waals surface area contributed by atoms with Crippen molar-refractivity contribution < 1.29 is 4.79 Å². The van der Waals surface area contributed by atoms with Crippen LogP contribution in [0.5, 0.6) is 0 Å². The summed E-state index contributed by atoms with van der Waals surface area (Å²) in [6.07, 6.45) is 1.28. The molecule has 136 valence electrons. The van der Waals surface area contributed by atoms with Gasteiger partial charge in [-0.2, -0.15) is 5.10 Å². The van der Waals surface area contributed by atoms with Crippen molar-refractivity contribution in [2.24, 2.45) is 0 Å². The molecule has 1 amide bonds. The number of rotatable bonds is 9. The van der Waals surface area contributed by atoms with E-state index < -0.39 is 0 Å². The second-order valence-corrected chi connectivity index (χ2v) is 6.38. The van der Waals surface area contributed by atoms with Gasteiger partial charge in [0.2, 0.25) is 5.91 Å². The van der Waals surface area contributed by atoms with Crippen molar-refractivity contribution in [2.75, 3.05) is 26.2 Å². The predicted molar refractivity (Wildman–Crippen MR) is 102 cm³/mol. The van der Waals surface area contributed by atoms with E-state index in [9.17, 15) is 4.79 Å². The molecule has 0 radical (unpaired) electrons. The molecule has 0 fully saturated rings. The van der Waals surface area contributed by atoms with Crippen LogP contribution < -0.4 is 5.32 Å². The molecule has 1 heterocycles. The van der Waals surface area contributed by atoms with Crippen molar-refractivity contribution in [3.63, 3.8) is 0 Å². The molecule has 0 aliphatic heterocycles. The second kappa shape index (κ2) is 9.37. The van der Waals surface area contributed by atoms with Gasteiger partial charge in [-0.1, -0.05) is 26.0 Å². The molecule has 25 heavy (non-hydrogen) atoms. The highest BCUT2D eigenvalue weighted by Gasteiger charge is 2.06. The molecule has 0 atom stereocenters. The van der Waals surface area contributed by atoms with E-state index in [4.69, 9.17) is 0 Å². The molecule has 0 aliphatic carbocycles. The molecule has 1 N–H and O–H groups in total. The third-order valence-electron chi connectivity index (χ3n) is 4.48. The molecule has 0 aliphatic rings. The van der Waals surface area contributed by atoms with Crippen LogP contribution in [-0.2, 0) is 11.2 Å². The molecule has 0 saturated carbocycles. The van der Waals surface area contributed by atoms with Crippen LogP contribution in [-0.4, -0.2) is 46.8 Å². The highest BCUT2D eigenvalue weighted by Crippen LogP contribution is 2.14. The van der Waals surface area contributed by atoms with Crippen LogP contribution in [0.15, 0.2) is 30.3 Å². The molecule has 0 unspecified atom stereocenters. The quantitative estimate of drug-likeness (QED) is 0.762. The fourth-order valence-electron chi connectivity index (χ4n) is 2.93. The number of carbonyl (C=O) groups is 1. The van der Waals surface area contributed by atoms with Crippen molar-refractivity contribution >= 4 is 5.91 Å². The number of likely N-dealkylation sites (N-methyl/N-ethyl adjacent to an activating group) is 1. The van der Waals surface area contributed by atoms with Crippen LogP contribution in [0.3, 0.4) is 0 Å².